The van der Waals surface area contributed by atoms with E-state index in [1.165, 1.54) is 0 Å². The molecular weight excluding hydrogens is 295 g/mol. The zero-order valence-electron chi connectivity index (χ0n) is 14.6. The predicted molar refractivity (Wildman–Crippen MR) is 89.3 cm³/mol. The highest BCUT2D eigenvalue weighted by atomic mass is 16.5. The molecule has 0 N–H and O–H groups in total. The maximum atomic E-state index is 5.79. The van der Waals surface area contributed by atoms with Gasteiger partial charge in [-0.2, -0.15) is 0 Å². The Morgan fingerprint density at radius 2 is 2.00 bits per heavy atom. The molecule has 6 heteroatoms. The van der Waals surface area contributed by atoms with E-state index in [1.54, 1.807) is 28.4 Å². The monoisotopic (exact) mass is 321 g/mol. The summed E-state index contributed by atoms with van der Waals surface area (Å²) in [5, 5.41) is 0. The quantitative estimate of drug-likeness (QED) is 0.689. The van der Waals surface area contributed by atoms with Crippen LogP contribution in [0.3, 0.4) is 0 Å². The third-order valence-corrected chi connectivity index (χ3v) is 4.47. The summed E-state index contributed by atoms with van der Waals surface area (Å²) in [6.45, 7) is 2.79. The van der Waals surface area contributed by atoms with Crippen molar-refractivity contribution in [1.29, 1.82) is 0 Å². The van der Waals surface area contributed by atoms with E-state index in [-0.39, 0.29) is 23.9 Å². The number of rotatable bonds is 8. The van der Waals surface area contributed by atoms with Crippen molar-refractivity contribution in [2.24, 2.45) is 5.92 Å². The molecule has 2 rings (SSSR count). The van der Waals surface area contributed by atoms with Gasteiger partial charge < -0.3 is 23.6 Å². The Labute approximate surface area is 139 Å². The fourth-order valence-corrected chi connectivity index (χ4v) is 3.22. The van der Waals surface area contributed by atoms with Gasteiger partial charge in [0.2, 0.25) is 0 Å². The maximum absolute atomic E-state index is 5.79. The summed E-state index contributed by atoms with van der Waals surface area (Å²) in [6.07, 6.45) is 0.936. The second-order valence-electron chi connectivity index (χ2n) is 5.88. The molecule has 0 unspecified atom stereocenters. The molecule has 1 heterocycles. The molecule has 1 aliphatic rings. The lowest BCUT2D eigenvalue weighted by Gasteiger charge is -2.28. The molecule has 4 atom stereocenters. The lowest BCUT2D eigenvalue weighted by molar-refractivity contribution is 0.0376. The first kappa shape index (κ1) is 18.1. The third kappa shape index (κ3) is 4.19. The van der Waals surface area contributed by atoms with Gasteiger partial charge in [0.25, 0.3) is 7.48 Å². The lowest BCUT2D eigenvalue weighted by Crippen LogP contribution is -2.22. The fourth-order valence-electron chi connectivity index (χ4n) is 3.22. The zero-order chi connectivity index (χ0) is 16.8. The minimum Gasteiger partial charge on any atom is -0.497 e. The van der Waals surface area contributed by atoms with E-state index in [4.69, 9.17) is 23.6 Å². The van der Waals surface area contributed by atoms with E-state index < -0.39 is 0 Å². The highest BCUT2D eigenvalue weighted by molar-refractivity contribution is 6.30. The van der Waals surface area contributed by atoms with Crippen LogP contribution in [-0.2, 0) is 14.1 Å². The number of ether oxygens (including phenoxy) is 4. The van der Waals surface area contributed by atoms with Gasteiger partial charge in [-0.05, 0) is 36.4 Å². The van der Waals surface area contributed by atoms with E-state index in [0.717, 1.165) is 23.5 Å². The van der Waals surface area contributed by atoms with Crippen molar-refractivity contribution in [1.82, 2.24) is 0 Å². The van der Waals surface area contributed by atoms with Crippen LogP contribution in [0.1, 0.15) is 25.0 Å². The van der Waals surface area contributed by atoms with E-state index in [0.29, 0.717) is 6.61 Å². The van der Waals surface area contributed by atoms with Gasteiger partial charge in [-0.15, -0.1) is 0 Å². The molecule has 0 bridgehead atoms. The minimum absolute atomic E-state index is 0.0912. The molecule has 5 nitrogen and oxygen atoms in total. The van der Waals surface area contributed by atoms with Gasteiger partial charge >= 0.3 is 0 Å². The summed E-state index contributed by atoms with van der Waals surface area (Å²) in [6, 6.07) is 5.78. The molecule has 1 aromatic carbocycles. The number of hydrogen-bond acceptors (Lipinski definition) is 5. The molecule has 0 amide bonds. The maximum Gasteiger partial charge on any atom is 0.298 e. The normalized spacial score (nSPS) is 23.2. The average molecular weight is 321 g/mol. The van der Waals surface area contributed by atoms with Gasteiger partial charge in [0, 0.05) is 19.8 Å². The largest absolute Gasteiger partial charge is 0.497 e. The molecule has 1 aromatic rings. The summed E-state index contributed by atoms with van der Waals surface area (Å²) >= 11 is 0. The van der Waals surface area contributed by atoms with Crippen LogP contribution in [0.2, 0.25) is 5.82 Å². The number of benzene rings is 1. The van der Waals surface area contributed by atoms with Crippen LogP contribution in [-0.4, -0.2) is 48.6 Å². The Morgan fingerprint density at radius 3 is 2.61 bits per heavy atom. The van der Waals surface area contributed by atoms with Crippen molar-refractivity contribution in [2.75, 3.05) is 35.0 Å². The lowest BCUT2D eigenvalue weighted by atomic mass is 9.72. The van der Waals surface area contributed by atoms with Gasteiger partial charge in [-0.1, -0.05) is 6.92 Å². The molecule has 1 aliphatic heterocycles. The molecular formula is C17H26BO5. The summed E-state index contributed by atoms with van der Waals surface area (Å²) in [4.78, 5) is 0. The van der Waals surface area contributed by atoms with Crippen LogP contribution in [0.15, 0.2) is 18.2 Å². The Morgan fingerprint density at radius 1 is 1.22 bits per heavy atom. The van der Waals surface area contributed by atoms with E-state index in [2.05, 4.69) is 6.92 Å². The van der Waals surface area contributed by atoms with Gasteiger partial charge in [-0.3, -0.25) is 0 Å². The second-order valence-corrected chi connectivity index (χ2v) is 5.88. The van der Waals surface area contributed by atoms with Crippen molar-refractivity contribution in [3.63, 3.8) is 0 Å². The highest BCUT2D eigenvalue weighted by Crippen LogP contribution is 2.39. The molecule has 1 saturated heterocycles. The van der Waals surface area contributed by atoms with Gasteiger partial charge in [-0.25, -0.2) is 0 Å². The molecule has 1 fully saturated rings. The summed E-state index contributed by atoms with van der Waals surface area (Å²) < 4.78 is 27.5. The predicted octanol–water partition coefficient (Wildman–Crippen LogP) is 2.87. The number of hydrogen-bond donors (Lipinski definition) is 0. The summed E-state index contributed by atoms with van der Waals surface area (Å²) in [5.41, 5.74) is 0.995. The smallest absolute Gasteiger partial charge is 0.298 e. The fraction of sp³-hybridized carbons (Fsp3) is 0.647. The Balaban J connectivity index is 2.17. The van der Waals surface area contributed by atoms with Crippen molar-refractivity contribution >= 4 is 7.48 Å². The van der Waals surface area contributed by atoms with Crippen LogP contribution in [0, 0.1) is 5.92 Å². The van der Waals surface area contributed by atoms with Crippen molar-refractivity contribution in [2.45, 2.75) is 31.4 Å². The molecule has 127 valence electrons. The topological polar surface area (TPSA) is 46.2 Å². The van der Waals surface area contributed by atoms with Crippen LogP contribution in [0.5, 0.6) is 11.5 Å². The highest BCUT2D eigenvalue weighted by Gasteiger charge is 2.34. The molecule has 0 spiro atoms. The Bertz CT molecular complexity index is 496. The number of methoxy groups -OCH3 is 4. The molecule has 1 radical (unpaired) electrons. The third-order valence-electron chi connectivity index (χ3n) is 4.47. The molecule has 23 heavy (non-hydrogen) atoms. The second kappa shape index (κ2) is 8.57. The zero-order valence-corrected chi connectivity index (χ0v) is 14.6. The Kier molecular flexibility index (Phi) is 6.75. The summed E-state index contributed by atoms with van der Waals surface area (Å²) in [5.74, 6) is 2.13. The average Bonchev–Trinajstić information content (AvgIpc) is 3.02. The van der Waals surface area contributed by atoms with Gasteiger partial charge in [0.05, 0.1) is 33.0 Å². The van der Waals surface area contributed by atoms with Crippen molar-refractivity contribution < 1.29 is 23.6 Å². The van der Waals surface area contributed by atoms with Crippen LogP contribution in [0.4, 0.5) is 0 Å². The first-order chi connectivity index (χ1) is 11.1. The van der Waals surface area contributed by atoms with Crippen LogP contribution < -0.4 is 9.47 Å². The van der Waals surface area contributed by atoms with E-state index in [1.807, 2.05) is 25.7 Å². The molecule has 0 saturated carbocycles. The standard InChI is InChI=1S/C17H26BO5/c1-11(8-14-16(21-4)10-23-18-14)17(22-5)13-9-12(19-2)6-7-15(13)20-3/h6-7,9,11,14,16-17H,8,10H2,1-5H3/t11-,14-,16+,17+/m0/s1. The van der Waals surface area contributed by atoms with E-state index >= 15 is 0 Å². The van der Waals surface area contributed by atoms with Crippen LogP contribution in [0.25, 0.3) is 0 Å². The van der Waals surface area contributed by atoms with Crippen molar-refractivity contribution in [3.05, 3.63) is 23.8 Å². The first-order valence-electron chi connectivity index (χ1n) is 7.87. The SMILES string of the molecule is COc1ccc(OC)c([C@H](OC)[C@@H](C)C[C@@H]2[B]OC[C@H]2OC)c1. The van der Waals surface area contributed by atoms with Crippen molar-refractivity contribution in [3.8, 4) is 11.5 Å². The Hall–Kier alpha value is -1.24. The summed E-state index contributed by atoms with van der Waals surface area (Å²) in [7, 11) is 8.67. The first-order valence-corrected chi connectivity index (χ1v) is 7.87. The minimum atomic E-state index is -0.0912. The van der Waals surface area contributed by atoms with Gasteiger partial charge in [0.15, 0.2) is 0 Å². The molecule has 0 aliphatic carbocycles. The van der Waals surface area contributed by atoms with E-state index in [9.17, 15) is 0 Å². The van der Waals surface area contributed by atoms with Crippen LogP contribution >= 0.6 is 0 Å². The van der Waals surface area contributed by atoms with Gasteiger partial charge in [0.1, 0.15) is 11.5 Å². The molecule has 0 aromatic heterocycles.